The van der Waals surface area contributed by atoms with Gasteiger partial charge >= 0.3 is 0 Å². The molecule has 2 fully saturated rings. The fraction of sp³-hybridized carbons (Fsp3) is 0.917. The van der Waals surface area contributed by atoms with Gasteiger partial charge in [0.15, 0.2) is 5.82 Å². The normalized spacial score (nSPS) is 33.9. The highest BCUT2D eigenvalue weighted by atomic mass is 15.6. The van der Waals surface area contributed by atoms with Crippen LogP contribution in [0.5, 0.6) is 0 Å². The summed E-state index contributed by atoms with van der Waals surface area (Å²) < 4.78 is 0. The molecule has 0 aliphatic heterocycles. The summed E-state index contributed by atoms with van der Waals surface area (Å²) >= 11 is 0. The van der Waals surface area contributed by atoms with Crippen LogP contribution in [0.3, 0.4) is 0 Å². The van der Waals surface area contributed by atoms with Gasteiger partial charge in [0, 0.05) is 12.0 Å². The van der Waals surface area contributed by atoms with Gasteiger partial charge in [-0.3, -0.25) is 0 Å². The van der Waals surface area contributed by atoms with Gasteiger partial charge in [-0.25, -0.2) is 0 Å². The maximum atomic E-state index is 6.54. The Morgan fingerprint density at radius 2 is 2.18 bits per heavy atom. The standard InChI is InChI=1S/C12H21N5/c1-17-15-11(14-16-17)8-12(13)6-2-3-10(7-12)9-4-5-9/h9-10H,2-8,13H2,1H3. The molecule has 0 amide bonds. The number of rotatable bonds is 3. The SMILES string of the molecule is Cn1nnc(CC2(N)CCCC(C3CC3)C2)n1. The lowest BCUT2D eigenvalue weighted by atomic mass is 9.73. The van der Waals surface area contributed by atoms with Gasteiger partial charge in [0.05, 0.1) is 7.05 Å². The summed E-state index contributed by atoms with van der Waals surface area (Å²) in [5, 5.41) is 12.2. The predicted octanol–water partition coefficient (Wildman–Crippen LogP) is 1.05. The molecule has 2 aliphatic rings. The van der Waals surface area contributed by atoms with E-state index in [0.717, 1.165) is 36.9 Å². The average molecular weight is 235 g/mol. The third-order valence-corrected chi connectivity index (χ3v) is 4.27. The van der Waals surface area contributed by atoms with Crippen molar-refractivity contribution >= 4 is 0 Å². The van der Waals surface area contributed by atoms with Crippen LogP contribution in [0.25, 0.3) is 0 Å². The number of hydrogen-bond donors (Lipinski definition) is 1. The first kappa shape index (κ1) is 11.1. The molecule has 0 spiro atoms. The lowest BCUT2D eigenvalue weighted by Crippen LogP contribution is -2.46. The number of hydrogen-bond acceptors (Lipinski definition) is 4. The van der Waals surface area contributed by atoms with Crippen molar-refractivity contribution in [2.24, 2.45) is 24.6 Å². The van der Waals surface area contributed by atoms with E-state index in [2.05, 4.69) is 15.4 Å². The van der Waals surface area contributed by atoms with Crippen LogP contribution in [0, 0.1) is 11.8 Å². The van der Waals surface area contributed by atoms with Gasteiger partial charge < -0.3 is 5.73 Å². The van der Waals surface area contributed by atoms with Gasteiger partial charge in [0.1, 0.15) is 0 Å². The van der Waals surface area contributed by atoms with E-state index in [-0.39, 0.29) is 5.54 Å². The van der Waals surface area contributed by atoms with Gasteiger partial charge in [-0.1, -0.05) is 12.8 Å². The quantitative estimate of drug-likeness (QED) is 0.850. The Labute approximate surface area is 102 Å². The first-order valence-corrected chi connectivity index (χ1v) is 6.66. The number of tetrazole rings is 1. The average Bonchev–Trinajstić information content (AvgIpc) is 3.04. The number of nitrogens with two attached hydrogens (primary N) is 1. The molecule has 2 atom stereocenters. The minimum absolute atomic E-state index is 0.0887. The molecule has 17 heavy (non-hydrogen) atoms. The second kappa shape index (κ2) is 4.05. The maximum absolute atomic E-state index is 6.54. The molecule has 0 bridgehead atoms. The van der Waals surface area contributed by atoms with E-state index < -0.39 is 0 Å². The Morgan fingerprint density at radius 1 is 1.35 bits per heavy atom. The topological polar surface area (TPSA) is 69.6 Å². The van der Waals surface area contributed by atoms with Crippen LogP contribution in [0.4, 0.5) is 0 Å². The highest BCUT2D eigenvalue weighted by Gasteiger charge is 2.40. The van der Waals surface area contributed by atoms with Crippen LogP contribution < -0.4 is 5.73 Å². The van der Waals surface area contributed by atoms with Crippen molar-refractivity contribution < 1.29 is 0 Å². The van der Waals surface area contributed by atoms with Gasteiger partial charge in [0.2, 0.25) is 0 Å². The highest BCUT2D eigenvalue weighted by Crippen LogP contribution is 2.46. The first-order chi connectivity index (χ1) is 8.15. The molecule has 2 aliphatic carbocycles. The van der Waals surface area contributed by atoms with Gasteiger partial charge in [0.25, 0.3) is 0 Å². The number of aryl methyl sites for hydroxylation is 1. The van der Waals surface area contributed by atoms with E-state index in [1.807, 2.05) is 0 Å². The Hall–Kier alpha value is -0.970. The summed E-state index contributed by atoms with van der Waals surface area (Å²) in [4.78, 5) is 1.51. The summed E-state index contributed by atoms with van der Waals surface area (Å²) in [6.45, 7) is 0. The molecule has 1 heterocycles. The molecule has 1 aromatic rings. The van der Waals surface area contributed by atoms with Crippen LogP contribution in [0.1, 0.15) is 44.3 Å². The third-order valence-electron chi connectivity index (χ3n) is 4.27. The zero-order chi connectivity index (χ0) is 11.9. The van der Waals surface area contributed by atoms with Crippen LogP contribution in [0.2, 0.25) is 0 Å². The molecule has 2 saturated carbocycles. The van der Waals surface area contributed by atoms with Crippen molar-refractivity contribution in [2.45, 2.75) is 50.5 Å². The van der Waals surface area contributed by atoms with Crippen molar-refractivity contribution in [1.29, 1.82) is 0 Å². The molecular formula is C12H21N5. The number of aromatic nitrogens is 4. The fourth-order valence-electron chi connectivity index (χ4n) is 3.28. The second-order valence-electron chi connectivity index (χ2n) is 5.93. The van der Waals surface area contributed by atoms with Crippen molar-refractivity contribution in [3.05, 3.63) is 5.82 Å². The van der Waals surface area contributed by atoms with Crippen molar-refractivity contribution in [3.63, 3.8) is 0 Å². The van der Waals surface area contributed by atoms with Crippen molar-refractivity contribution in [3.8, 4) is 0 Å². The van der Waals surface area contributed by atoms with Crippen molar-refractivity contribution in [2.75, 3.05) is 0 Å². The van der Waals surface area contributed by atoms with Crippen LogP contribution in [-0.4, -0.2) is 25.7 Å². The minimum Gasteiger partial charge on any atom is -0.325 e. The lowest BCUT2D eigenvalue weighted by molar-refractivity contribution is 0.202. The summed E-state index contributed by atoms with van der Waals surface area (Å²) in [7, 11) is 1.80. The Morgan fingerprint density at radius 3 is 2.82 bits per heavy atom. The molecular weight excluding hydrogens is 214 g/mol. The Bertz CT molecular complexity index is 397. The molecule has 0 aromatic carbocycles. The van der Waals surface area contributed by atoms with Crippen LogP contribution >= 0.6 is 0 Å². The van der Waals surface area contributed by atoms with Crippen LogP contribution in [-0.2, 0) is 13.5 Å². The summed E-state index contributed by atoms with van der Waals surface area (Å²) in [5.74, 6) is 2.62. The highest BCUT2D eigenvalue weighted by molar-refractivity contribution is 5.00. The van der Waals surface area contributed by atoms with E-state index in [4.69, 9.17) is 5.73 Å². The van der Waals surface area contributed by atoms with E-state index in [9.17, 15) is 0 Å². The summed E-state index contributed by atoms with van der Waals surface area (Å²) in [6.07, 6.45) is 8.51. The van der Waals surface area contributed by atoms with Crippen molar-refractivity contribution in [1.82, 2.24) is 20.2 Å². The first-order valence-electron chi connectivity index (χ1n) is 6.66. The fourth-order valence-corrected chi connectivity index (χ4v) is 3.28. The molecule has 0 saturated heterocycles. The third kappa shape index (κ3) is 2.49. The molecule has 5 nitrogen and oxygen atoms in total. The maximum Gasteiger partial charge on any atom is 0.176 e. The van der Waals surface area contributed by atoms with Crippen LogP contribution in [0.15, 0.2) is 0 Å². The zero-order valence-electron chi connectivity index (χ0n) is 10.5. The molecule has 94 valence electrons. The summed E-state index contributed by atoms with van der Waals surface area (Å²) in [5.41, 5.74) is 6.45. The van der Waals surface area contributed by atoms with Gasteiger partial charge in [-0.15, -0.1) is 10.2 Å². The monoisotopic (exact) mass is 235 g/mol. The molecule has 0 radical (unpaired) electrons. The zero-order valence-corrected chi connectivity index (χ0v) is 10.5. The molecule has 2 unspecified atom stereocenters. The molecule has 3 rings (SSSR count). The second-order valence-corrected chi connectivity index (χ2v) is 5.93. The van der Waals surface area contributed by atoms with Gasteiger partial charge in [-0.2, -0.15) is 4.80 Å². The molecule has 5 heteroatoms. The predicted molar refractivity (Wildman–Crippen MR) is 64.1 cm³/mol. The van der Waals surface area contributed by atoms with Gasteiger partial charge in [-0.05, 0) is 42.7 Å². The van der Waals surface area contributed by atoms with E-state index in [1.54, 1.807) is 7.05 Å². The Balaban J connectivity index is 1.67. The molecule has 1 aromatic heterocycles. The molecule has 2 N–H and O–H groups in total. The summed E-state index contributed by atoms with van der Waals surface area (Å²) in [6, 6.07) is 0. The number of nitrogens with zero attached hydrogens (tertiary/aromatic N) is 4. The smallest absolute Gasteiger partial charge is 0.176 e. The van der Waals surface area contributed by atoms with E-state index in [1.165, 1.54) is 30.5 Å². The largest absolute Gasteiger partial charge is 0.325 e. The Kier molecular flexibility index (Phi) is 2.65. The minimum atomic E-state index is -0.0887. The van der Waals surface area contributed by atoms with E-state index in [0.29, 0.717) is 0 Å². The van der Waals surface area contributed by atoms with E-state index >= 15 is 0 Å². The lowest BCUT2D eigenvalue weighted by Gasteiger charge is -2.37.